The van der Waals surface area contributed by atoms with Gasteiger partial charge in [0.25, 0.3) is 5.91 Å². The summed E-state index contributed by atoms with van der Waals surface area (Å²) in [5.74, 6) is -1.05. The molecule has 1 aliphatic heterocycles. The number of aliphatic hydroxyl groups excluding tert-OH is 1. The Hall–Kier alpha value is -1.47. The normalized spacial score (nSPS) is 22.6. The molecule has 1 aromatic rings. The van der Waals surface area contributed by atoms with E-state index in [1.807, 2.05) is 30.3 Å². The smallest absolute Gasteiger partial charge is 0.254 e. The van der Waals surface area contributed by atoms with Crippen molar-refractivity contribution >= 4 is 5.91 Å². The first-order valence-corrected chi connectivity index (χ1v) is 9.67. The van der Waals surface area contributed by atoms with Gasteiger partial charge in [-0.05, 0) is 32.3 Å². The molecule has 152 valence electrons. The summed E-state index contributed by atoms with van der Waals surface area (Å²) in [6.45, 7) is 4.85. The van der Waals surface area contributed by atoms with Gasteiger partial charge >= 0.3 is 0 Å². The fourth-order valence-electron chi connectivity index (χ4n) is 3.18. The van der Waals surface area contributed by atoms with Crippen LogP contribution in [0, 0.1) is 0 Å². The van der Waals surface area contributed by atoms with E-state index in [4.69, 9.17) is 14.2 Å². The van der Waals surface area contributed by atoms with Gasteiger partial charge in [-0.2, -0.15) is 0 Å². The molecule has 0 aromatic heterocycles. The van der Waals surface area contributed by atoms with E-state index in [2.05, 4.69) is 0 Å². The van der Waals surface area contributed by atoms with Gasteiger partial charge in [0.1, 0.15) is 6.10 Å². The molecule has 1 aromatic carbocycles. The van der Waals surface area contributed by atoms with Gasteiger partial charge in [0.05, 0.1) is 12.7 Å². The number of hydrogen-bond donors (Lipinski definition) is 1. The number of likely N-dealkylation sites (N-methyl/N-ethyl adjacent to an activating group) is 1. The molecular weight excluding hydrogens is 346 g/mol. The van der Waals surface area contributed by atoms with Gasteiger partial charge in [-0.15, -0.1) is 0 Å². The number of nitrogens with zero attached hydrogens (tertiary/aromatic N) is 1. The van der Waals surface area contributed by atoms with Crippen LogP contribution in [-0.2, 0) is 25.6 Å². The maximum atomic E-state index is 12.3. The molecular formula is C21H33NO5. The van der Waals surface area contributed by atoms with Crippen LogP contribution in [0.15, 0.2) is 30.3 Å². The van der Waals surface area contributed by atoms with Crippen molar-refractivity contribution in [3.63, 3.8) is 0 Å². The number of benzene rings is 1. The Morgan fingerprint density at radius 3 is 2.56 bits per heavy atom. The van der Waals surface area contributed by atoms with E-state index in [9.17, 15) is 9.90 Å². The molecule has 1 aliphatic rings. The van der Waals surface area contributed by atoms with Crippen LogP contribution in [0.4, 0.5) is 0 Å². The number of unbranched alkanes of at least 4 members (excludes halogenated alkanes) is 2. The lowest BCUT2D eigenvalue weighted by Crippen LogP contribution is -2.45. The highest BCUT2D eigenvalue weighted by Crippen LogP contribution is 2.32. The highest BCUT2D eigenvalue weighted by Gasteiger charge is 2.48. The maximum absolute atomic E-state index is 12.3. The Labute approximate surface area is 162 Å². The number of rotatable bonds is 10. The van der Waals surface area contributed by atoms with Gasteiger partial charge in [0.2, 0.25) is 0 Å². The Morgan fingerprint density at radius 2 is 1.89 bits per heavy atom. The zero-order valence-electron chi connectivity index (χ0n) is 16.9. The average molecular weight is 379 g/mol. The van der Waals surface area contributed by atoms with Crippen molar-refractivity contribution in [3.05, 3.63) is 35.9 Å². The Balaban J connectivity index is 1.66. The summed E-state index contributed by atoms with van der Waals surface area (Å²) in [7, 11) is 3.35. The molecule has 1 fully saturated rings. The standard InChI is InChI=1S/C21H33NO5/c1-21(2)26-18(19(27-21)20(24)22(3)4)17(23)13-9-6-10-14-25-15-16-11-7-5-8-12-16/h5,7-8,11-12,17-19,23H,6,9-10,13-15H2,1-4H3/t17-,18+,19-/m1/s1. The molecule has 6 nitrogen and oxygen atoms in total. The van der Waals surface area contributed by atoms with Crippen LogP contribution in [-0.4, -0.2) is 60.7 Å². The van der Waals surface area contributed by atoms with Gasteiger partial charge < -0.3 is 24.2 Å². The average Bonchev–Trinajstić information content (AvgIpc) is 2.96. The summed E-state index contributed by atoms with van der Waals surface area (Å²) in [6.07, 6.45) is 1.18. The van der Waals surface area contributed by atoms with Crippen LogP contribution in [0.1, 0.15) is 45.1 Å². The fourth-order valence-corrected chi connectivity index (χ4v) is 3.18. The molecule has 0 unspecified atom stereocenters. The molecule has 0 bridgehead atoms. The molecule has 0 saturated carbocycles. The van der Waals surface area contributed by atoms with Crippen LogP contribution in [0.2, 0.25) is 0 Å². The molecule has 0 spiro atoms. The zero-order chi connectivity index (χ0) is 19.9. The number of carbonyl (C=O) groups excluding carboxylic acids is 1. The van der Waals surface area contributed by atoms with Crippen LogP contribution >= 0.6 is 0 Å². The van der Waals surface area contributed by atoms with Gasteiger partial charge in [0, 0.05) is 20.7 Å². The number of amides is 1. The molecule has 1 heterocycles. The first-order chi connectivity index (χ1) is 12.8. The maximum Gasteiger partial charge on any atom is 0.254 e. The number of carbonyl (C=O) groups is 1. The summed E-state index contributed by atoms with van der Waals surface area (Å²) in [6, 6.07) is 10.1. The molecule has 27 heavy (non-hydrogen) atoms. The van der Waals surface area contributed by atoms with Crippen molar-refractivity contribution in [2.75, 3.05) is 20.7 Å². The molecule has 1 saturated heterocycles. The number of aliphatic hydroxyl groups is 1. The van der Waals surface area contributed by atoms with Gasteiger partial charge in [-0.1, -0.05) is 43.2 Å². The van der Waals surface area contributed by atoms with Crippen LogP contribution in [0.5, 0.6) is 0 Å². The Bertz CT molecular complexity index is 575. The highest BCUT2D eigenvalue weighted by molar-refractivity contribution is 5.81. The van der Waals surface area contributed by atoms with Gasteiger partial charge in [0.15, 0.2) is 11.9 Å². The first kappa shape index (κ1) is 21.8. The molecule has 1 N–H and O–H groups in total. The summed E-state index contributed by atoms with van der Waals surface area (Å²) >= 11 is 0. The highest BCUT2D eigenvalue weighted by atomic mass is 16.8. The van der Waals surface area contributed by atoms with Gasteiger partial charge in [-0.3, -0.25) is 4.79 Å². The lowest BCUT2D eigenvalue weighted by Gasteiger charge is -2.23. The van der Waals surface area contributed by atoms with E-state index < -0.39 is 24.1 Å². The molecule has 0 aliphatic carbocycles. The molecule has 3 atom stereocenters. The lowest BCUT2D eigenvalue weighted by atomic mass is 10.0. The minimum absolute atomic E-state index is 0.182. The van der Waals surface area contributed by atoms with Crippen molar-refractivity contribution in [3.8, 4) is 0 Å². The largest absolute Gasteiger partial charge is 0.390 e. The van der Waals surface area contributed by atoms with Crippen molar-refractivity contribution in [2.45, 2.75) is 70.2 Å². The van der Waals surface area contributed by atoms with Crippen molar-refractivity contribution in [2.24, 2.45) is 0 Å². The summed E-state index contributed by atoms with van der Waals surface area (Å²) in [5, 5.41) is 10.5. The van der Waals surface area contributed by atoms with E-state index in [1.54, 1.807) is 27.9 Å². The predicted octanol–water partition coefficient (Wildman–Crippen LogP) is 2.73. The van der Waals surface area contributed by atoms with Crippen molar-refractivity contribution in [1.82, 2.24) is 4.90 Å². The van der Waals surface area contributed by atoms with Crippen LogP contribution < -0.4 is 0 Å². The van der Waals surface area contributed by atoms with Crippen LogP contribution in [0.25, 0.3) is 0 Å². The molecule has 1 amide bonds. The van der Waals surface area contributed by atoms with Crippen molar-refractivity contribution in [1.29, 1.82) is 0 Å². The van der Waals surface area contributed by atoms with E-state index in [1.165, 1.54) is 10.5 Å². The second-order valence-electron chi connectivity index (χ2n) is 7.71. The molecule has 6 heteroatoms. The van der Waals surface area contributed by atoms with Crippen LogP contribution in [0.3, 0.4) is 0 Å². The second kappa shape index (κ2) is 10.2. The third-order valence-electron chi connectivity index (χ3n) is 4.59. The first-order valence-electron chi connectivity index (χ1n) is 9.67. The second-order valence-corrected chi connectivity index (χ2v) is 7.71. The topological polar surface area (TPSA) is 68.2 Å². The minimum atomic E-state index is -0.868. The number of hydrogen-bond acceptors (Lipinski definition) is 5. The molecule has 2 rings (SSSR count). The summed E-state index contributed by atoms with van der Waals surface area (Å²) < 4.78 is 17.2. The summed E-state index contributed by atoms with van der Waals surface area (Å²) in [5.41, 5.74) is 1.17. The Morgan fingerprint density at radius 1 is 1.19 bits per heavy atom. The summed E-state index contributed by atoms with van der Waals surface area (Å²) in [4.78, 5) is 13.8. The SMILES string of the molecule is CN(C)C(=O)[C@@H]1OC(C)(C)O[C@H]1[C@H](O)CCCCCOCc1ccccc1. The lowest BCUT2D eigenvalue weighted by molar-refractivity contribution is -0.163. The van der Waals surface area contributed by atoms with Crippen molar-refractivity contribution < 1.29 is 24.1 Å². The number of ether oxygens (including phenoxy) is 3. The van der Waals surface area contributed by atoms with E-state index in [0.717, 1.165) is 19.3 Å². The zero-order valence-corrected chi connectivity index (χ0v) is 16.9. The monoisotopic (exact) mass is 379 g/mol. The van der Waals surface area contributed by atoms with E-state index >= 15 is 0 Å². The quantitative estimate of drug-likeness (QED) is 0.633. The fraction of sp³-hybridized carbons (Fsp3) is 0.667. The molecule has 0 radical (unpaired) electrons. The van der Waals surface area contributed by atoms with E-state index in [-0.39, 0.29) is 5.91 Å². The third kappa shape index (κ3) is 6.88. The minimum Gasteiger partial charge on any atom is -0.390 e. The van der Waals surface area contributed by atoms with E-state index in [0.29, 0.717) is 19.6 Å². The Kier molecular flexibility index (Phi) is 8.23. The third-order valence-corrected chi connectivity index (χ3v) is 4.59. The van der Waals surface area contributed by atoms with Gasteiger partial charge in [-0.25, -0.2) is 0 Å². The predicted molar refractivity (Wildman–Crippen MR) is 103 cm³/mol.